The van der Waals surface area contributed by atoms with Crippen LogP contribution in [0.5, 0.6) is 0 Å². The molecule has 0 bridgehead atoms. The Hall–Kier alpha value is -0.380. The Balaban J connectivity index is 2.25. The van der Waals surface area contributed by atoms with Crippen LogP contribution in [0.2, 0.25) is 0 Å². The highest BCUT2D eigenvalue weighted by atomic mass is 79.9. The quantitative estimate of drug-likeness (QED) is 0.914. The molecule has 2 rings (SSSR count). The highest BCUT2D eigenvalue weighted by Gasteiger charge is 2.30. The molecule has 1 aromatic carbocycles. The van der Waals surface area contributed by atoms with E-state index in [0.717, 1.165) is 5.92 Å². The van der Waals surface area contributed by atoms with E-state index in [1.807, 2.05) is 0 Å². The number of likely N-dealkylation sites (tertiary alicyclic amines) is 1. The van der Waals surface area contributed by atoms with E-state index in [0.29, 0.717) is 18.6 Å². The first kappa shape index (κ1) is 15.0. The van der Waals surface area contributed by atoms with Crippen molar-refractivity contribution >= 4 is 15.9 Å². The maximum atomic E-state index is 6.07. The average Bonchev–Trinajstić information content (AvgIpc) is 2.39. The first-order valence-electron chi connectivity index (χ1n) is 7.26. The van der Waals surface area contributed by atoms with Gasteiger partial charge in [0.25, 0.3) is 0 Å². The number of hydrogen-bond acceptors (Lipinski definition) is 2. The summed E-state index contributed by atoms with van der Waals surface area (Å²) in [4.78, 5) is 2.59. The van der Waals surface area contributed by atoms with Gasteiger partial charge in [-0.25, -0.2) is 0 Å². The molecule has 3 unspecified atom stereocenters. The van der Waals surface area contributed by atoms with Crippen molar-refractivity contribution in [3.05, 3.63) is 33.8 Å². The normalized spacial score (nSPS) is 26.4. The van der Waals surface area contributed by atoms with Gasteiger partial charge in [-0.15, -0.1) is 0 Å². The largest absolute Gasteiger partial charge is 0.329 e. The van der Waals surface area contributed by atoms with Gasteiger partial charge >= 0.3 is 0 Å². The van der Waals surface area contributed by atoms with Gasteiger partial charge in [-0.3, -0.25) is 4.90 Å². The van der Waals surface area contributed by atoms with Gasteiger partial charge < -0.3 is 5.73 Å². The second-order valence-electron chi connectivity index (χ2n) is 5.86. The zero-order chi connectivity index (χ0) is 14.0. The van der Waals surface area contributed by atoms with E-state index in [-0.39, 0.29) is 0 Å². The molecule has 0 saturated carbocycles. The van der Waals surface area contributed by atoms with Crippen LogP contribution in [0.25, 0.3) is 0 Å². The van der Waals surface area contributed by atoms with Crippen LogP contribution in [0.4, 0.5) is 0 Å². The molecule has 0 aromatic heterocycles. The van der Waals surface area contributed by atoms with Crippen molar-refractivity contribution in [2.24, 2.45) is 11.7 Å². The molecule has 0 amide bonds. The highest BCUT2D eigenvalue weighted by Crippen LogP contribution is 2.32. The zero-order valence-electron chi connectivity index (χ0n) is 12.2. The van der Waals surface area contributed by atoms with Crippen LogP contribution >= 0.6 is 15.9 Å². The standard InChI is InChI=1S/C16H25BrN2/c1-11-5-4-8-19(13(11)3)16(10-18)14-7-6-12(2)15(17)9-14/h6-7,9,11,13,16H,4-5,8,10,18H2,1-3H3. The molecule has 0 aliphatic carbocycles. The number of piperidine rings is 1. The van der Waals surface area contributed by atoms with Crippen LogP contribution in [0.1, 0.15) is 43.9 Å². The van der Waals surface area contributed by atoms with E-state index in [2.05, 4.69) is 59.8 Å². The monoisotopic (exact) mass is 324 g/mol. The van der Waals surface area contributed by atoms with Crippen molar-refractivity contribution in [3.63, 3.8) is 0 Å². The van der Waals surface area contributed by atoms with Crippen molar-refractivity contribution < 1.29 is 0 Å². The Bertz CT molecular complexity index is 433. The maximum Gasteiger partial charge on any atom is 0.0473 e. The van der Waals surface area contributed by atoms with E-state index in [1.54, 1.807) is 0 Å². The van der Waals surface area contributed by atoms with E-state index in [4.69, 9.17) is 5.73 Å². The lowest BCUT2D eigenvalue weighted by molar-refractivity contribution is 0.0709. The van der Waals surface area contributed by atoms with Crippen molar-refractivity contribution in [2.45, 2.75) is 45.7 Å². The summed E-state index contributed by atoms with van der Waals surface area (Å²) in [6.45, 7) is 8.67. The van der Waals surface area contributed by atoms with Gasteiger partial charge in [0.2, 0.25) is 0 Å². The third kappa shape index (κ3) is 3.21. The molecule has 3 heteroatoms. The summed E-state index contributed by atoms with van der Waals surface area (Å²) in [6.07, 6.45) is 2.63. The molecule has 2 nitrogen and oxygen atoms in total. The van der Waals surface area contributed by atoms with Crippen LogP contribution in [0.3, 0.4) is 0 Å². The van der Waals surface area contributed by atoms with Gasteiger partial charge in [-0.05, 0) is 56.3 Å². The number of aryl methyl sites for hydroxylation is 1. The summed E-state index contributed by atoms with van der Waals surface area (Å²) in [5.41, 5.74) is 8.69. The summed E-state index contributed by atoms with van der Waals surface area (Å²) in [5, 5.41) is 0. The molecule has 1 aliphatic rings. The van der Waals surface area contributed by atoms with Crippen LogP contribution in [0, 0.1) is 12.8 Å². The molecule has 19 heavy (non-hydrogen) atoms. The number of benzene rings is 1. The topological polar surface area (TPSA) is 29.3 Å². The molecule has 1 aromatic rings. The fraction of sp³-hybridized carbons (Fsp3) is 0.625. The van der Waals surface area contributed by atoms with Crippen molar-refractivity contribution in [1.29, 1.82) is 0 Å². The Morgan fingerprint density at radius 1 is 1.42 bits per heavy atom. The van der Waals surface area contributed by atoms with Crippen molar-refractivity contribution in [3.8, 4) is 0 Å². The number of hydrogen-bond donors (Lipinski definition) is 1. The lowest BCUT2D eigenvalue weighted by Crippen LogP contribution is -2.46. The van der Waals surface area contributed by atoms with E-state index >= 15 is 0 Å². The van der Waals surface area contributed by atoms with Gasteiger partial charge in [0.05, 0.1) is 0 Å². The molecule has 1 heterocycles. The molecule has 2 N–H and O–H groups in total. The summed E-state index contributed by atoms with van der Waals surface area (Å²) < 4.78 is 1.18. The summed E-state index contributed by atoms with van der Waals surface area (Å²) in [5.74, 6) is 0.761. The van der Waals surface area contributed by atoms with E-state index in [9.17, 15) is 0 Å². The minimum Gasteiger partial charge on any atom is -0.329 e. The van der Waals surface area contributed by atoms with Crippen LogP contribution in [-0.2, 0) is 0 Å². The van der Waals surface area contributed by atoms with Gasteiger partial charge in [-0.1, -0.05) is 35.0 Å². The molecular formula is C16H25BrN2. The maximum absolute atomic E-state index is 6.07. The lowest BCUT2D eigenvalue weighted by atomic mass is 9.89. The third-order valence-electron chi connectivity index (χ3n) is 4.63. The number of nitrogens with two attached hydrogens (primary N) is 1. The Morgan fingerprint density at radius 2 is 2.16 bits per heavy atom. The summed E-state index contributed by atoms with van der Waals surface area (Å²) in [7, 11) is 0. The van der Waals surface area contributed by atoms with Crippen LogP contribution in [-0.4, -0.2) is 24.0 Å². The Kier molecular flexibility index (Phi) is 5.04. The molecule has 1 fully saturated rings. The second kappa shape index (κ2) is 6.38. The zero-order valence-corrected chi connectivity index (χ0v) is 13.8. The third-order valence-corrected chi connectivity index (χ3v) is 5.48. The minimum absolute atomic E-state index is 0.342. The smallest absolute Gasteiger partial charge is 0.0473 e. The summed E-state index contributed by atoms with van der Waals surface area (Å²) in [6, 6.07) is 7.60. The molecular weight excluding hydrogens is 300 g/mol. The molecule has 1 aliphatic heterocycles. The first-order valence-corrected chi connectivity index (χ1v) is 8.05. The molecule has 106 valence electrons. The van der Waals surface area contributed by atoms with Crippen LogP contribution < -0.4 is 5.73 Å². The minimum atomic E-state index is 0.342. The fourth-order valence-electron chi connectivity index (χ4n) is 3.09. The molecule has 0 spiro atoms. The Morgan fingerprint density at radius 3 is 2.79 bits per heavy atom. The highest BCUT2D eigenvalue weighted by molar-refractivity contribution is 9.10. The van der Waals surface area contributed by atoms with E-state index < -0.39 is 0 Å². The molecule has 1 saturated heterocycles. The second-order valence-corrected chi connectivity index (χ2v) is 6.71. The lowest BCUT2D eigenvalue weighted by Gasteiger charge is -2.42. The van der Waals surface area contributed by atoms with Gasteiger partial charge in [0, 0.05) is 23.1 Å². The molecule has 0 radical (unpaired) electrons. The van der Waals surface area contributed by atoms with Crippen molar-refractivity contribution in [2.75, 3.05) is 13.1 Å². The first-order chi connectivity index (χ1) is 9.04. The van der Waals surface area contributed by atoms with Gasteiger partial charge in [0.1, 0.15) is 0 Å². The van der Waals surface area contributed by atoms with Crippen molar-refractivity contribution in [1.82, 2.24) is 4.90 Å². The van der Waals surface area contributed by atoms with Gasteiger partial charge in [0.15, 0.2) is 0 Å². The number of rotatable bonds is 3. The van der Waals surface area contributed by atoms with Gasteiger partial charge in [-0.2, -0.15) is 0 Å². The number of nitrogens with zero attached hydrogens (tertiary/aromatic N) is 1. The Labute approximate surface area is 125 Å². The predicted molar refractivity (Wildman–Crippen MR) is 85.2 cm³/mol. The van der Waals surface area contributed by atoms with Crippen LogP contribution in [0.15, 0.2) is 22.7 Å². The summed E-state index contributed by atoms with van der Waals surface area (Å²) >= 11 is 3.64. The number of halogens is 1. The SMILES string of the molecule is Cc1ccc(C(CN)N2CCCC(C)C2C)cc1Br. The predicted octanol–water partition coefficient (Wildman–Crippen LogP) is 3.88. The average molecular weight is 325 g/mol. The van der Waals surface area contributed by atoms with E-state index in [1.165, 1.54) is 35.0 Å². The fourth-order valence-corrected chi connectivity index (χ4v) is 3.48. The molecule has 3 atom stereocenters.